The molecule has 0 saturated heterocycles. The zero-order valence-corrected chi connectivity index (χ0v) is 10.7. The Hall–Kier alpha value is -1.36. The molecule has 17 heavy (non-hydrogen) atoms. The third-order valence-electron chi connectivity index (χ3n) is 2.75. The summed E-state index contributed by atoms with van der Waals surface area (Å²) < 4.78 is 1.76. The van der Waals surface area contributed by atoms with Gasteiger partial charge in [0.15, 0.2) is 0 Å². The molecule has 1 rings (SSSR count). The molecule has 0 fully saturated rings. The number of hydrogen-bond donors (Lipinski definition) is 2. The predicted molar refractivity (Wildman–Crippen MR) is 65.9 cm³/mol. The van der Waals surface area contributed by atoms with E-state index >= 15 is 0 Å². The van der Waals surface area contributed by atoms with E-state index in [-0.39, 0.29) is 18.5 Å². The van der Waals surface area contributed by atoms with Gasteiger partial charge >= 0.3 is 0 Å². The second-order valence-corrected chi connectivity index (χ2v) is 4.19. The minimum atomic E-state index is -0.538. The Balaban J connectivity index is 2.77. The molecule has 5 heteroatoms. The van der Waals surface area contributed by atoms with Gasteiger partial charge in [0.1, 0.15) is 5.69 Å². The Bertz CT molecular complexity index is 356. The van der Waals surface area contributed by atoms with E-state index in [0.717, 1.165) is 12.8 Å². The van der Waals surface area contributed by atoms with E-state index in [2.05, 4.69) is 24.3 Å². The van der Waals surface area contributed by atoms with Crippen LogP contribution in [0.1, 0.15) is 50.1 Å². The summed E-state index contributed by atoms with van der Waals surface area (Å²) in [6, 6.07) is 1.95. The molecule has 2 N–H and O–H groups in total. The van der Waals surface area contributed by atoms with Crippen molar-refractivity contribution in [1.82, 2.24) is 15.1 Å². The molecule has 0 spiro atoms. The van der Waals surface area contributed by atoms with Gasteiger partial charge in [-0.05, 0) is 25.8 Å². The van der Waals surface area contributed by atoms with E-state index < -0.39 is 6.10 Å². The minimum Gasteiger partial charge on any atom is -0.392 e. The summed E-state index contributed by atoms with van der Waals surface area (Å²) in [5.41, 5.74) is 0.555. The SMILES string of the molecule is CCC(CC)n1nccc1C(=O)NCC(C)O. The number of hydrogen-bond acceptors (Lipinski definition) is 3. The standard InChI is InChI=1S/C12H21N3O2/c1-4-10(5-2)15-11(6-7-14-15)12(17)13-8-9(3)16/h6-7,9-10,16H,4-5,8H2,1-3H3,(H,13,17). The number of nitrogens with one attached hydrogen (secondary N) is 1. The van der Waals surface area contributed by atoms with Gasteiger partial charge < -0.3 is 10.4 Å². The first-order valence-corrected chi connectivity index (χ1v) is 6.09. The Morgan fingerprint density at radius 3 is 2.71 bits per heavy atom. The highest BCUT2D eigenvalue weighted by Gasteiger charge is 2.16. The first-order chi connectivity index (χ1) is 8.10. The third kappa shape index (κ3) is 3.56. The fourth-order valence-corrected chi connectivity index (χ4v) is 1.75. The molecule has 0 saturated carbocycles. The topological polar surface area (TPSA) is 67.2 Å². The molecule has 1 aromatic heterocycles. The van der Waals surface area contributed by atoms with Gasteiger partial charge in [0.2, 0.25) is 0 Å². The molecule has 1 atom stereocenters. The van der Waals surface area contributed by atoms with E-state index in [1.165, 1.54) is 0 Å². The Morgan fingerprint density at radius 2 is 2.18 bits per heavy atom. The third-order valence-corrected chi connectivity index (χ3v) is 2.75. The van der Waals surface area contributed by atoms with Crippen molar-refractivity contribution in [1.29, 1.82) is 0 Å². The molecule has 0 aromatic carbocycles. The van der Waals surface area contributed by atoms with Crippen LogP contribution in [0.2, 0.25) is 0 Å². The molecule has 1 aromatic rings. The van der Waals surface area contributed by atoms with Crippen LogP contribution in [0.3, 0.4) is 0 Å². The molecular formula is C12H21N3O2. The first-order valence-electron chi connectivity index (χ1n) is 6.09. The summed E-state index contributed by atoms with van der Waals surface area (Å²) in [6.45, 7) is 6.05. The molecule has 1 unspecified atom stereocenters. The smallest absolute Gasteiger partial charge is 0.269 e. The van der Waals surface area contributed by atoms with Gasteiger partial charge in [-0.15, -0.1) is 0 Å². The molecule has 96 valence electrons. The summed E-state index contributed by atoms with van der Waals surface area (Å²) in [7, 11) is 0. The van der Waals surface area contributed by atoms with Gasteiger partial charge in [-0.2, -0.15) is 5.10 Å². The van der Waals surface area contributed by atoms with Crippen LogP contribution >= 0.6 is 0 Å². The summed E-state index contributed by atoms with van der Waals surface area (Å²) in [4.78, 5) is 11.9. The molecule has 1 heterocycles. The van der Waals surface area contributed by atoms with Gasteiger partial charge in [-0.25, -0.2) is 0 Å². The molecule has 0 aliphatic heterocycles. The first kappa shape index (κ1) is 13.7. The lowest BCUT2D eigenvalue weighted by atomic mass is 10.1. The van der Waals surface area contributed by atoms with Crippen LogP contribution in [0.5, 0.6) is 0 Å². The van der Waals surface area contributed by atoms with Crippen LogP contribution in [-0.2, 0) is 0 Å². The van der Waals surface area contributed by atoms with Crippen LogP contribution in [0.4, 0.5) is 0 Å². The van der Waals surface area contributed by atoms with Crippen LogP contribution in [0, 0.1) is 0 Å². The van der Waals surface area contributed by atoms with Gasteiger partial charge in [0.25, 0.3) is 5.91 Å². The quantitative estimate of drug-likeness (QED) is 0.787. The van der Waals surface area contributed by atoms with Gasteiger partial charge in [0, 0.05) is 12.7 Å². The van der Waals surface area contributed by atoms with Gasteiger partial charge in [-0.3, -0.25) is 9.48 Å². The highest BCUT2D eigenvalue weighted by Crippen LogP contribution is 2.16. The maximum absolute atomic E-state index is 11.9. The second-order valence-electron chi connectivity index (χ2n) is 4.19. The number of nitrogens with zero attached hydrogens (tertiary/aromatic N) is 2. The Labute approximate surface area is 102 Å². The van der Waals surface area contributed by atoms with E-state index in [1.807, 2.05) is 0 Å². The van der Waals surface area contributed by atoms with Crippen LogP contribution < -0.4 is 5.32 Å². The number of rotatable bonds is 6. The van der Waals surface area contributed by atoms with Crippen LogP contribution in [0.25, 0.3) is 0 Å². The normalized spacial score (nSPS) is 12.8. The number of carbonyl (C=O) groups is 1. The lowest BCUT2D eigenvalue weighted by Crippen LogP contribution is -2.32. The van der Waals surface area contributed by atoms with Crippen molar-refractivity contribution >= 4 is 5.91 Å². The largest absolute Gasteiger partial charge is 0.392 e. The molecule has 0 aliphatic carbocycles. The minimum absolute atomic E-state index is 0.185. The Kier molecular flexibility index (Phi) is 5.15. The number of amides is 1. The van der Waals surface area contributed by atoms with E-state index in [1.54, 1.807) is 23.9 Å². The summed E-state index contributed by atoms with van der Waals surface area (Å²) >= 11 is 0. The zero-order chi connectivity index (χ0) is 12.8. The lowest BCUT2D eigenvalue weighted by Gasteiger charge is -2.16. The average Bonchev–Trinajstić information content (AvgIpc) is 2.77. The van der Waals surface area contributed by atoms with Crippen LogP contribution in [-0.4, -0.2) is 33.4 Å². The molecular weight excluding hydrogens is 218 g/mol. The number of aromatic nitrogens is 2. The monoisotopic (exact) mass is 239 g/mol. The molecule has 1 amide bonds. The molecule has 0 bridgehead atoms. The van der Waals surface area contributed by atoms with E-state index in [4.69, 9.17) is 5.11 Å². The van der Waals surface area contributed by atoms with E-state index in [9.17, 15) is 4.79 Å². The highest BCUT2D eigenvalue weighted by atomic mass is 16.3. The number of carbonyl (C=O) groups excluding carboxylic acids is 1. The summed E-state index contributed by atoms with van der Waals surface area (Å²) in [5.74, 6) is -0.185. The molecule has 0 aliphatic rings. The molecule has 0 radical (unpaired) electrons. The van der Waals surface area contributed by atoms with Gasteiger partial charge in [0.05, 0.1) is 12.1 Å². The average molecular weight is 239 g/mol. The van der Waals surface area contributed by atoms with Crippen molar-refractivity contribution in [3.8, 4) is 0 Å². The summed E-state index contributed by atoms with van der Waals surface area (Å²) in [6.07, 6.45) is 2.97. The fraction of sp³-hybridized carbons (Fsp3) is 0.667. The van der Waals surface area contributed by atoms with Crippen LogP contribution in [0.15, 0.2) is 12.3 Å². The highest BCUT2D eigenvalue weighted by molar-refractivity contribution is 5.92. The maximum atomic E-state index is 11.9. The molecule has 5 nitrogen and oxygen atoms in total. The predicted octanol–water partition coefficient (Wildman–Crippen LogP) is 1.35. The van der Waals surface area contributed by atoms with Crippen molar-refractivity contribution in [2.24, 2.45) is 0 Å². The number of aliphatic hydroxyl groups is 1. The van der Waals surface area contributed by atoms with Crippen molar-refractivity contribution in [3.63, 3.8) is 0 Å². The lowest BCUT2D eigenvalue weighted by molar-refractivity contribution is 0.0910. The van der Waals surface area contributed by atoms with Crippen molar-refractivity contribution in [3.05, 3.63) is 18.0 Å². The van der Waals surface area contributed by atoms with E-state index in [0.29, 0.717) is 5.69 Å². The van der Waals surface area contributed by atoms with Crippen molar-refractivity contribution in [2.45, 2.75) is 45.8 Å². The number of aliphatic hydroxyl groups excluding tert-OH is 1. The Morgan fingerprint density at radius 1 is 1.53 bits per heavy atom. The zero-order valence-electron chi connectivity index (χ0n) is 10.7. The fourth-order valence-electron chi connectivity index (χ4n) is 1.75. The van der Waals surface area contributed by atoms with Crippen molar-refractivity contribution in [2.75, 3.05) is 6.54 Å². The maximum Gasteiger partial charge on any atom is 0.269 e. The summed E-state index contributed by atoms with van der Waals surface area (Å²) in [5, 5.41) is 16.0. The van der Waals surface area contributed by atoms with Crippen molar-refractivity contribution < 1.29 is 9.90 Å². The van der Waals surface area contributed by atoms with Gasteiger partial charge in [-0.1, -0.05) is 13.8 Å². The second kappa shape index (κ2) is 6.39.